The fourth-order valence-corrected chi connectivity index (χ4v) is 2.71. The van der Waals surface area contributed by atoms with Gasteiger partial charge in [0.15, 0.2) is 0 Å². The summed E-state index contributed by atoms with van der Waals surface area (Å²) in [5, 5.41) is 9.05. The third-order valence-electron chi connectivity index (χ3n) is 4.02. The Hall–Kier alpha value is -2.58. The zero-order chi connectivity index (χ0) is 15.9. The monoisotopic (exact) mass is 308 g/mol. The molecule has 0 N–H and O–H groups in total. The fraction of sp³-hybridized carbons (Fsp3) is 0.333. The standard InChI is InChI=1S/C18H20N4O/c19-15-16-5-1-2-6-17(16)23-14-13-21-9-11-22(12-10-21)18-7-3-4-8-20-18/h1-8H,9-14H2. The highest BCUT2D eigenvalue weighted by atomic mass is 16.5. The van der Waals surface area contributed by atoms with Crippen LogP contribution in [0.2, 0.25) is 0 Å². The zero-order valence-corrected chi connectivity index (χ0v) is 13.1. The van der Waals surface area contributed by atoms with Crippen molar-refractivity contribution in [2.75, 3.05) is 44.2 Å². The van der Waals surface area contributed by atoms with Crippen molar-refractivity contribution in [3.05, 3.63) is 54.2 Å². The quantitative estimate of drug-likeness (QED) is 0.847. The number of hydrogen-bond acceptors (Lipinski definition) is 5. The van der Waals surface area contributed by atoms with Crippen LogP contribution < -0.4 is 9.64 Å². The lowest BCUT2D eigenvalue weighted by atomic mass is 10.2. The van der Waals surface area contributed by atoms with Crippen molar-refractivity contribution < 1.29 is 4.74 Å². The molecule has 0 amide bonds. The molecule has 0 radical (unpaired) electrons. The highest BCUT2D eigenvalue weighted by Crippen LogP contribution is 2.17. The summed E-state index contributed by atoms with van der Waals surface area (Å²) in [6.45, 7) is 5.43. The number of hydrogen-bond donors (Lipinski definition) is 0. The van der Waals surface area contributed by atoms with Gasteiger partial charge < -0.3 is 9.64 Å². The number of aromatic nitrogens is 1. The van der Waals surface area contributed by atoms with E-state index in [0.717, 1.165) is 38.5 Å². The van der Waals surface area contributed by atoms with Crippen LogP contribution in [0.1, 0.15) is 5.56 Å². The number of anilines is 1. The van der Waals surface area contributed by atoms with Gasteiger partial charge in [-0.05, 0) is 24.3 Å². The minimum Gasteiger partial charge on any atom is -0.491 e. The Kier molecular flexibility index (Phi) is 5.07. The normalized spacial score (nSPS) is 15.2. The predicted molar refractivity (Wildman–Crippen MR) is 89.5 cm³/mol. The van der Waals surface area contributed by atoms with Gasteiger partial charge in [-0.3, -0.25) is 4.90 Å². The Bertz CT molecular complexity index is 660. The van der Waals surface area contributed by atoms with Crippen LogP contribution >= 0.6 is 0 Å². The largest absolute Gasteiger partial charge is 0.491 e. The first-order valence-electron chi connectivity index (χ1n) is 7.87. The Morgan fingerprint density at radius 2 is 1.83 bits per heavy atom. The van der Waals surface area contributed by atoms with Gasteiger partial charge in [0.25, 0.3) is 0 Å². The summed E-state index contributed by atoms with van der Waals surface area (Å²) < 4.78 is 5.75. The average Bonchev–Trinajstić information content (AvgIpc) is 2.63. The highest BCUT2D eigenvalue weighted by Gasteiger charge is 2.17. The van der Waals surface area contributed by atoms with Gasteiger partial charge in [-0.2, -0.15) is 5.26 Å². The van der Waals surface area contributed by atoms with E-state index in [1.54, 1.807) is 6.07 Å². The minimum atomic E-state index is 0.590. The number of para-hydroxylation sites is 1. The van der Waals surface area contributed by atoms with Crippen molar-refractivity contribution in [3.8, 4) is 11.8 Å². The molecule has 1 fully saturated rings. The molecule has 2 heterocycles. The van der Waals surface area contributed by atoms with Crippen LogP contribution in [0.3, 0.4) is 0 Å². The highest BCUT2D eigenvalue weighted by molar-refractivity contribution is 5.42. The van der Waals surface area contributed by atoms with Crippen LogP contribution in [0.5, 0.6) is 5.75 Å². The molecule has 0 spiro atoms. The number of benzene rings is 1. The van der Waals surface area contributed by atoms with Crippen molar-refractivity contribution in [2.24, 2.45) is 0 Å². The summed E-state index contributed by atoms with van der Waals surface area (Å²) in [6, 6.07) is 15.5. The van der Waals surface area contributed by atoms with E-state index in [2.05, 4.69) is 26.9 Å². The number of pyridine rings is 1. The second-order valence-electron chi connectivity index (χ2n) is 5.47. The van der Waals surface area contributed by atoms with Crippen molar-refractivity contribution >= 4 is 5.82 Å². The summed E-state index contributed by atoms with van der Waals surface area (Å²) >= 11 is 0. The second-order valence-corrected chi connectivity index (χ2v) is 5.47. The lowest BCUT2D eigenvalue weighted by molar-refractivity contribution is 0.200. The molecule has 5 heteroatoms. The lowest BCUT2D eigenvalue weighted by Crippen LogP contribution is -2.47. The Balaban J connectivity index is 1.44. The summed E-state index contributed by atoms with van der Waals surface area (Å²) in [7, 11) is 0. The van der Waals surface area contributed by atoms with Gasteiger partial charge in [-0.25, -0.2) is 4.98 Å². The topological polar surface area (TPSA) is 52.4 Å². The molecule has 23 heavy (non-hydrogen) atoms. The summed E-state index contributed by atoms with van der Waals surface area (Å²) in [4.78, 5) is 9.09. The van der Waals surface area contributed by atoms with E-state index in [1.807, 2.05) is 36.5 Å². The number of piperazine rings is 1. The van der Waals surface area contributed by atoms with Gasteiger partial charge in [-0.15, -0.1) is 0 Å². The van der Waals surface area contributed by atoms with E-state index in [0.29, 0.717) is 17.9 Å². The molecular formula is C18H20N4O. The van der Waals surface area contributed by atoms with Gasteiger partial charge in [0.1, 0.15) is 24.2 Å². The SMILES string of the molecule is N#Cc1ccccc1OCCN1CCN(c2ccccn2)CC1. The molecule has 1 aliphatic rings. The smallest absolute Gasteiger partial charge is 0.137 e. The van der Waals surface area contributed by atoms with Crippen molar-refractivity contribution in [2.45, 2.75) is 0 Å². The molecular weight excluding hydrogens is 288 g/mol. The molecule has 0 bridgehead atoms. The lowest BCUT2D eigenvalue weighted by Gasteiger charge is -2.35. The van der Waals surface area contributed by atoms with Crippen LogP contribution in [0.25, 0.3) is 0 Å². The molecule has 3 rings (SSSR count). The molecule has 1 saturated heterocycles. The minimum absolute atomic E-state index is 0.590. The predicted octanol–water partition coefficient (Wildman–Crippen LogP) is 2.15. The molecule has 0 atom stereocenters. The van der Waals surface area contributed by atoms with E-state index < -0.39 is 0 Å². The molecule has 2 aromatic rings. The second kappa shape index (κ2) is 7.61. The van der Waals surface area contributed by atoms with Gasteiger partial charge >= 0.3 is 0 Å². The van der Waals surface area contributed by atoms with E-state index in [-0.39, 0.29) is 0 Å². The fourth-order valence-electron chi connectivity index (χ4n) is 2.71. The van der Waals surface area contributed by atoms with Crippen molar-refractivity contribution in [1.29, 1.82) is 5.26 Å². The van der Waals surface area contributed by atoms with Gasteiger partial charge in [0.2, 0.25) is 0 Å². The van der Waals surface area contributed by atoms with E-state index in [4.69, 9.17) is 10.00 Å². The van der Waals surface area contributed by atoms with Crippen LogP contribution in [0.4, 0.5) is 5.82 Å². The maximum atomic E-state index is 9.05. The number of ether oxygens (including phenoxy) is 1. The van der Waals surface area contributed by atoms with Crippen molar-refractivity contribution in [1.82, 2.24) is 9.88 Å². The molecule has 1 aliphatic heterocycles. The van der Waals surface area contributed by atoms with Crippen LogP contribution in [-0.2, 0) is 0 Å². The Morgan fingerprint density at radius 1 is 1.04 bits per heavy atom. The maximum Gasteiger partial charge on any atom is 0.137 e. The Labute approximate surface area is 136 Å². The van der Waals surface area contributed by atoms with Gasteiger partial charge in [0, 0.05) is 38.9 Å². The molecule has 0 saturated carbocycles. The molecule has 118 valence electrons. The first-order valence-corrected chi connectivity index (χ1v) is 7.87. The number of rotatable bonds is 5. The van der Waals surface area contributed by atoms with Crippen LogP contribution in [0.15, 0.2) is 48.7 Å². The maximum absolute atomic E-state index is 9.05. The van der Waals surface area contributed by atoms with E-state index in [9.17, 15) is 0 Å². The van der Waals surface area contributed by atoms with Crippen LogP contribution in [0, 0.1) is 11.3 Å². The van der Waals surface area contributed by atoms with Gasteiger partial charge in [-0.1, -0.05) is 18.2 Å². The number of nitriles is 1. The van der Waals surface area contributed by atoms with Crippen molar-refractivity contribution in [3.63, 3.8) is 0 Å². The molecule has 0 unspecified atom stereocenters. The van der Waals surface area contributed by atoms with Gasteiger partial charge in [0.05, 0.1) is 5.56 Å². The number of nitrogens with zero attached hydrogens (tertiary/aromatic N) is 4. The Morgan fingerprint density at radius 3 is 2.57 bits per heavy atom. The molecule has 1 aromatic carbocycles. The third kappa shape index (κ3) is 3.99. The summed E-state index contributed by atoms with van der Waals surface area (Å²) in [6.07, 6.45) is 1.84. The van der Waals surface area contributed by atoms with Crippen LogP contribution in [-0.4, -0.2) is 49.2 Å². The molecule has 0 aliphatic carbocycles. The third-order valence-corrected chi connectivity index (χ3v) is 4.02. The van der Waals surface area contributed by atoms with E-state index in [1.165, 1.54) is 0 Å². The first kappa shape index (κ1) is 15.3. The molecule has 1 aromatic heterocycles. The van der Waals surface area contributed by atoms with E-state index >= 15 is 0 Å². The first-order chi connectivity index (χ1) is 11.4. The molecule has 5 nitrogen and oxygen atoms in total. The summed E-state index contributed by atoms with van der Waals surface area (Å²) in [5.74, 6) is 1.72. The zero-order valence-electron chi connectivity index (χ0n) is 13.1. The average molecular weight is 308 g/mol. The summed E-state index contributed by atoms with van der Waals surface area (Å²) in [5.41, 5.74) is 0.590.